The number of fused-ring (bicyclic) bond motifs is 1. The number of carbonyl (C=O) groups is 1. The molecule has 0 aromatic carbocycles. The molecule has 4 rings (SSSR count). The van der Waals surface area contributed by atoms with Crippen LogP contribution in [0.25, 0.3) is 0 Å². The van der Waals surface area contributed by atoms with E-state index in [1.807, 2.05) is 17.0 Å². The Balaban J connectivity index is 1.38. The molecular weight excluding hydrogens is 292 g/mol. The van der Waals surface area contributed by atoms with Gasteiger partial charge in [-0.05, 0) is 31.5 Å². The first-order chi connectivity index (χ1) is 11.3. The molecule has 0 saturated carbocycles. The van der Waals surface area contributed by atoms with Gasteiger partial charge >= 0.3 is 0 Å². The molecule has 0 radical (unpaired) electrons. The van der Waals surface area contributed by atoms with Gasteiger partial charge in [-0.15, -0.1) is 0 Å². The first-order valence-corrected chi connectivity index (χ1v) is 8.34. The highest BCUT2D eigenvalue weighted by atomic mass is 16.3. The third kappa shape index (κ3) is 3.03. The van der Waals surface area contributed by atoms with E-state index in [9.17, 15) is 4.79 Å². The molecule has 2 aliphatic heterocycles. The lowest BCUT2D eigenvalue weighted by atomic mass is 9.95. The van der Waals surface area contributed by atoms with Gasteiger partial charge in [0.15, 0.2) is 0 Å². The second kappa shape index (κ2) is 6.20. The van der Waals surface area contributed by atoms with Gasteiger partial charge in [-0.25, -0.2) is 4.98 Å². The molecule has 1 fully saturated rings. The Bertz CT molecular complexity index is 664. The molecule has 2 aromatic heterocycles. The summed E-state index contributed by atoms with van der Waals surface area (Å²) in [6.45, 7) is 4.11. The zero-order valence-corrected chi connectivity index (χ0v) is 13.2. The number of furan rings is 1. The molecule has 1 saturated heterocycles. The van der Waals surface area contributed by atoms with E-state index in [-0.39, 0.29) is 11.8 Å². The summed E-state index contributed by atoms with van der Waals surface area (Å²) in [5.41, 5.74) is 2.20. The second-order valence-corrected chi connectivity index (χ2v) is 6.49. The monoisotopic (exact) mass is 314 g/mol. The molecule has 1 atom stereocenters. The van der Waals surface area contributed by atoms with E-state index >= 15 is 0 Å². The Morgan fingerprint density at radius 2 is 2.39 bits per heavy atom. The van der Waals surface area contributed by atoms with Gasteiger partial charge in [0.2, 0.25) is 5.91 Å². The number of H-pyrrole nitrogens is 1. The van der Waals surface area contributed by atoms with Crippen molar-refractivity contribution in [2.45, 2.75) is 32.4 Å². The number of piperidine rings is 1. The van der Waals surface area contributed by atoms with Crippen LogP contribution in [-0.2, 0) is 24.3 Å². The predicted molar refractivity (Wildman–Crippen MR) is 84.4 cm³/mol. The van der Waals surface area contributed by atoms with Gasteiger partial charge in [-0.2, -0.15) is 0 Å². The molecular formula is C17H22N4O2. The molecule has 4 heterocycles. The van der Waals surface area contributed by atoms with E-state index in [2.05, 4.69) is 14.9 Å². The summed E-state index contributed by atoms with van der Waals surface area (Å²) in [7, 11) is 0. The van der Waals surface area contributed by atoms with Crippen LogP contribution in [0, 0.1) is 5.92 Å². The summed E-state index contributed by atoms with van der Waals surface area (Å²) < 4.78 is 5.43. The van der Waals surface area contributed by atoms with E-state index < -0.39 is 0 Å². The standard InChI is InChI=1S/C17H22N4O2/c22-17(21-7-5-15-16(11-21)19-12-18-15)13-3-1-6-20(9-13)10-14-4-2-8-23-14/h2,4,8,12-13H,1,3,5-7,9-11H2,(H,18,19)/t13-/m1/s1. The zero-order chi connectivity index (χ0) is 15.6. The van der Waals surface area contributed by atoms with Crippen LogP contribution in [0.2, 0.25) is 0 Å². The number of rotatable bonds is 3. The van der Waals surface area contributed by atoms with Gasteiger partial charge < -0.3 is 14.3 Å². The van der Waals surface area contributed by atoms with Crippen LogP contribution >= 0.6 is 0 Å². The number of amides is 1. The fourth-order valence-corrected chi connectivity index (χ4v) is 3.68. The minimum Gasteiger partial charge on any atom is -0.468 e. The number of aromatic amines is 1. The molecule has 0 bridgehead atoms. The number of hydrogen-bond donors (Lipinski definition) is 1. The molecule has 6 heteroatoms. The molecule has 0 aliphatic carbocycles. The van der Waals surface area contributed by atoms with E-state index in [0.29, 0.717) is 6.54 Å². The van der Waals surface area contributed by atoms with Crippen molar-refractivity contribution in [2.75, 3.05) is 19.6 Å². The summed E-state index contributed by atoms with van der Waals surface area (Å²) in [4.78, 5) is 24.7. The van der Waals surface area contributed by atoms with Crippen LogP contribution in [0.4, 0.5) is 0 Å². The molecule has 6 nitrogen and oxygen atoms in total. The third-order valence-corrected chi connectivity index (χ3v) is 4.90. The second-order valence-electron chi connectivity index (χ2n) is 6.49. The highest BCUT2D eigenvalue weighted by molar-refractivity contribution is 5.79. The summed E-state index contributed by atoms with van der Waals surface area (Å²) in [6, 6.07) is 3.91. The van der Waals surface area contributed by atoms with Crippen molar-refractivity contribution < 1.29 is 9.21 Å². The van der Waals surface area contributed by atoms with Gasteiger partial charge in [0.05, 0.1) is 43.0 Å². The highest BCUT2D eigenvalue weighted by Crippen LogP contribution is 2.23. The van der Waals surface area contributed by atoms with Crippen LogP contribution in [0.1, 0.15) is 30.0 Å². The molecule has 0 spiro atoms. The fraction of sp³-hybridized carbons (Fsp3) is 0.529. The van der Waals surface area contributed by atoms with Crippen LogP contribution < -0.4 is 0 Å². The third-order valence-electron chi connectivity index (χ3n) is 4.90. The number of imidazole rings is 1. The van der Waals surface area contributed by atoms with Crippen LogP contribution in [0.3, 0.4) is 0 Å². The molecule has 122 valence electrons. The lowest BCUT2D eigenvalue weighted by Gasteiger charge is -2.35. The van der Waals surface area contributed by atoms with E-state index in [1.54, 1.807) is 12.6 Å². The summed E-state index contributed by atoms with van der Waals surface area (Å²) in [6.07, 6.45) is 6.34. The van der Waals surface area contributed by atoms with E-state index in [1.165, 1.54) is 0 Å². The Morgan fingerprint density at radius 3 is 3.26 bits per heavy atom. The zero-order valence-electron chi connectivity index (χ0n) is 13.2. The van der Waals surface area contributed by atoms with E-state index in [4.69, 9.17) is 4.42 Å². The summed E-state index contributed by atoms with van der Waals surface area (Å²) >= 11 is 0. The Hall–Kier alpha value is -2.08. The van der Waals surface area contributed by atoms with Crippen LogP contribution in [-0.4, -0.2) is 45.3 Å². The van der Waals surface area contributed by atoms with Crippen molar-refractivity contribution in [1.82, 2.24) is 19.8 Å². The smallest absolute Gasteiger partial charge is 0.227 e. The SMILES string of the molecule is O=C([C@@H]1CCCN(Cc2ccco2)C1)N1CCc2nc[nH]c2C1. The lowest BCUT2D eigenvalue weighted by Crippen LogP contribution is -2.46. The summed E-state index contributed by atoms with van der Waals surface area (Å²) in [5.74, 6) is 1.36. The van der Waals surface area contributed by atoms with Crippen molar-refractivity contribution in [3.8, 4) is 0 Å². The minimum atomic E-state index is 0.100. The average Bonchev–Trinajstić information content (AvgIpc) is 3.25. The average molecular weight is 314 g/mol. The van der Waals surface area contributed by atoms with Gasteiger partial charge in [0, 0.05) is 19.5 Å². The number of nitrogens with one attached hydrogen (secondary N) is 1. The molecule has 1 N–H and O–H groups in total. The molecule has 23 heavy (non-hydrogen) atoms. The Labute approximate surface area is 135 Å². The molecule has 2 aromatic rings. The Kier molecular flexibility index (Phi) is 3.91. The predicted octanol–water partition coefficient (Wildman–Crippen LogP) is 1.80. The first kappa shape index (κ1) is 14.5. The van der Waals surface area contributed by atoms with Crippen molar-refractivity contribution in [2.24, 2.45) is 5.92 Å². The summed E-state index contributed by atoms with van der Waals surface area (Å²) in [5, 5.41) is 0. The molecule has 2 aliphatic rings. The van der Waals surface area contributed by atoms with Crippen molar-refractivity contribution in [1.29, 1.82) is 0 Å². The molecule has 0 unspecified atom stereocenters. The van der Waals surface area contributed by atoms with Crippen LogP contribution in [0.15, 0.2) is 29.1 Å². The van der Waals surface area contributed by atoms with Crippen molar-refractivity contribution >= 4 is 5.91 Å². The normalized spacial score (nSPS) is 22.1. The number of carbonyl (C=O) groups excluding carboxylic acids is 1. The molecule has 1 amide bonds. The first-order valence-electron chi connectivity index (χ1n) is 8.34. The largest absolute Gasteiger partial charge is 0.468 e. The van der Waals surface area contributed by atoms with Crippen molar-refractivity contribution in [3.05, 3.63) is 41.9 Å². The van der Waals surface area contributed by atoms with Gasteiger partial charge in [0.1, 0.15) is 5.76 Å². The maximum absolute atomic E-state index is 12.9. The van der Waals surface area contributed by atoms with Gasteiger partial charge in [0.25, 0.3) is 0 Å². The van der Waals surface area contributed by atoms with Gasteiger partial charge in [-0.3, -0.25) is 9.69 Å². The van der Waals surface area contributed by atoms with E-state index in [0.717, 1.165) is 62.6 Å². The highest BCUT2D eigenvalue weighted by Gasteiger charge is 2.31. The maximum atomic E-state index is 12.9. The number of nitrogens with zero attached hydrogens (tertiary/aromatic N) is 3. The lowest BCUT2D eigenvalue weighted by molar-refractivity contribution is -0.138. The minimum absolute atomic E-state index is 0.100. The topological polar surface area (TPSA) is 65.4 Å². The van der Waals surface area contributed by atoms with Crippen LogP contribution in [0.5, 0.6) is 0 Å². The maximum Gasteiger partial charge on any atom is 0.227 e. The Morgan fingerprint density at radius 1 is 1.43 bits per heavy atom. The van der Waals surface area contributed by atoms with Gasteiger partial charge in [-0.1, -0.05) is 0 Å². The fourth-order valence-electron chi connectivity index (χ4n) is 3.68. The number of likely N-dealkylation sites (tertiary alicyclic amines) is 1. The van der Waals surface area contributed by atoms with Crippen molar-refractivity contribution in [3.63, 3.8) is 0 Å². The number of hydrogen-bond acceptors (Lipinski definition) is 4. The quantitative estimate of drug-likeness (QED) is 0.938. The number of aromatic nitrogens is 2.